The van der Waals surface area contributed by atoms with Crippen LogP contribution < -0.4 is 10.1 Å². The van der Waals surface area contributed by atoms with E-state index in [4.69, 9.17) is 16.3 Å². The Hall–Kier alpha value is -2.04. The number of carbonyl (C=O) groups excluding carboxylic acids is 1. The van der Waals surface area contributed by atoms with Gasteiger partial charge in [-0.3, -0.25) is 9.69 Å². The van der Waals surface area contributed by atoms with Crippen LogP contribution in [0, 0.1) is 6.92 Å². The van der Waals surface area contributed by atoms with Crippen LogP contribution in [0.1, 0.15) is 24.0 Å². The fourth-order valence-electron chi connectivity index (χ4n) is 2.95. The van der Waals surface area contributed by atoms with Gasteiger partial charge >= 0.3 is 0 Å². The number of hydrogen-bond donors (Lipinski definition) is 1. The van der Waals surface area contributed by atoms with E-state index in [-0.39, 0.29) is 12.5 Å². The van der Waals surface area contributed by atoms with E-state index in [1.54, 1.807) is 12.1 Å². The molecular weight excluding hydrogens is 336 g/mol. The average molecular weight is 359 g/mol. The predicted octanol–water partition coefficient (Wildman–Crippen LogP) is 4.26. The number of nitrogens with one attached hydrogen (secondary N) is 1. The normalized spacial score (nSPS) is 14.5. The van der Waals surface area contributed by atoms with Gasteiger partial charge in [0.05, 0.1) is 0 Å². The molecule has 2 aromatic rings. The molecule has 0 bridgehead atoms. The lowest BCUT2D eigenvalue weighted by Crippen LogP contribution is -2.20. The van der Waals surface area contributed by atoms with Crippen molar-refractivity contribution >= 4 is 23.2 Å². The molecule has 0 atom stereocenters. The summed E-state index contributed by atoms with van der Waals surface area (Å²) in [5.41, 5.74) is 2.98. The summed E-state index contributed by atoms with van der Waals surface area (Å²) in [5.74, 6) is 0.456. The van der Waals surface area contributed by atoms with Gasteiger partial charge in [-0.2, -0.15) is 0 Å². The zero-order valence-electron chi connectivity index (χ0n) is 14.4. The fourth-order valence-corrected chi connectivity index (χ4v) is 3.06. The number of benzene rings is 2. The van der Waals surface area contributed by atoms with E-state index in [1.165, 1.54) is 31.5 Å². The molecule has 1 heterocycles. The third-order valence-corrected chi connectivity index (χ3v) is 4.77. The van der Waals surface area contributed by atoms with Gasteiger partial charge in [-0.15, -0.1) is 0 Å². The third-order valence-electron chi connectivity index (χ3n) is 4.34. The van der Waals surface area contributed by atoms with Crippen molar-refractivity contribution in [3.05, 3.63) is 58.6 Å². The van der Waals surface area contributed by atoms with E-state index in [9.17, 15) is 4.79 Å². The number of ether oxygens (including phenoxy) is 1. The minimum atomic E-state index is -0.181. The van der Waals surface area contributed by atoms with Gasteiger partial charge in [0.1, 0.15) is 5.75 Å². The van der Waals surface area contributed by atoms with Crippen LogP contribution in [-0.2, 0) is 11.3 Å². The second kappa shape index (κ2) is 8.37. The standard InChI is InChI=1S/C20H23ClN2O2/c1-15-12-18(8-9-19(15)21)25-14-20(24)22-17-6-4-16(5-7-17)13-23-10-2-3-11-23/h4-9,12H,2-3,10-11,13-14H2,1H3,(H,22,24). The summed E-state index contributed by atoms with van der Waals surface area (Å²) in [6.45, 7) is 5.21. The van der Waals surface area contributed by atoms with Crippen molar-refractivity contribution in [1.82, 2.24) is 4.90 Å². The van der Waals surface area contributed by atoms with Gasteiger partial charge in [0.2, 0.25) is 0 Å². The van der Waals surface area contributed by atoms with Gasteiger partial charge in [-0.1, -0.05) is 23.7 Å². The van der Waals surface area contributed by atoms with Crippen LogP contribution in [0.3, 0.4) is 0 Å². The van der Waals surface area contributed by atoms with Gasteiger partial charge in [-0.05, 0) is 74.3 Å². The third kappa shape index (κ3) is 5.21. The summed E-state index contributed by atoms with van der Waals surface area (Å²) in [6.07, 6.45) is 2.59. The number of hydrogen-bond acceptors (Lipinski definition) is 3. The number of halogens is 1. The highest BCUT2D eigenvalue weighted by atomic mass is 35.5. The number of aryl methyl sites for hydroxylation is 1. The topological polar surface area (TPSA) is 41.6 Å². The maximum atomic E-state index is 12.0. The Labute approximate surface area is 153 Å². The highest BCUT2D eigenvalue weighted by molar-refractivity contribution is 6.31. The lowest BCUT2D eigenvalue weighted by atomic mass is 10.2. The van der Waals surface area contributed by atoms with Crippen molar-refractivity contribution in [2.45, 2.75) is 26.3 Å². The Morgan fingerprint density at radius 2 is 1.88 bits per heavy atom. The second-order valence-corrected chi connectivity index (χ2v) is 6.84. The maximum Gasteiger partial charge on any atom is 0.262 e. The average Bonchev–Trinajstić information content (AvgIpc) is 3.11. The first-order valence-electron chi connectivity index (χ1n) is 8.60. The molecule has 0 aliphatic carbocycles. The van der Waals surface area contributed by atoms with Gasteiger partial charge in [0.25, 0.3) is 5.91 Å². The summed E-state index contributed by atoms with van der Waals surface area (Å²) in [4.78, 5) is 14.5. The van der Waals surface area contributed by atoms with Crippen LogP contribution in [0.4, 0.5) is 5.69 Å². The SMILES string of the molecule is Cc1cc(OCC(=O)Nc2ccc(CN3CCCC3)cc2)ccc1Cl. The first-order chi connectivity index (χ1) is 12.1. The van der Waals surface area contributed by atoms with E-state index < -0.39 is 0 Å². The molecule has 3 rings (SSSR count). The molecule has 0 saturated carbocycles. The van der Waals surface area contributed by atoms with Crippen molar-refractivity contribution < 1.29 is 9.53 Å². The summed E-state index contributed by atoms with van der Waals surface area (Å²) in [6, 6.07) is 13.4. The molecule has 1 fully saturated rings. The molecule has 5 heteroatoms. The van der Waals surface area contributed by atoms with Crippen LogP contribution in [0.2, 0.25) is 5.02 Å². The summed E-state index contributed by atoms with van der Waals surface area (Å²) < 4.78 is 5.51. The smallest absolute Gasteiger partial charge is 0.262 e. The monoisotopic (exact) mass is 358 g/mol. The number of anilines is 1. The quantitative estimate of drug-likeness (QED) is 0.838. The Morgan fingerprint density at radius 1 is 1.16 bits per heavy atom. The molecule has 132 valence electrons. The fraction of sp³-hybridized carbons (Fsp3) is 0.350. The molecule has 0 aromatic heterocycles. The zero-order chi connectivity index (χ0) is 17.6. The van der Waals surface area contributed by atoms with Crippen molar-refractivity contribution in [2.75, 3.05) is 25.0 Å². The van der Waals surface area contributed by atoms with Crippen molar-refractivity contribution in [3.63, 3.8) is 0 Å². The lowest BCUT2D eigenvalue weighted by Gasteiger charge is -2.15. The minimum Gasteiger partial charge on any atom is -0.484 e. The highest BCUT2D eigenvalue weighted by Gasteiger charge is 2.11. The second-order valence-electron chi connectivity index (χ2n) is 6.43. The first kappa shape index (κ1) is 17.8. The molecule has 4 nitrogen and oxygen atoms in total. The van der Waals surface area contributed by atoms with Crippen molar-refractivity contribution in [3.8, 4) is 5.75 Å². The zero-order valence-corrected chi connectivity index (χ0v) is 15.2. The van der Waals surface area contributed by atoms with Crippen LogP contribution in [-0.4, -0.2) is 30.5 Å². The minimum absolute atomic E-state index is 0.0311. The molecule has 1 aliphatic rings. The number of amides is 1. The van der Waals surface area contributed by atoms with E-state index >= 15 is 0 Å². The molecule has 1 N–H and O–H groups in total. The van der Waals surface area contributed by atoms with Crippen molar-refractivity contribution in [1.29, 1.82) is 0 Å². The molecule has 0 unspecified atom stereocenters. The molecule has 1 saturated heterocycles. The van der Waals surface area contributed by atoms with E-state index in [1.807, 2.05) is 25.1 Å². The van der Waals surface area contributed by atoms with Crippen LogP contribution in [0.25, 0.3) is 0 Å². The molecular formula is C20H23ClN2O2. The van der Waals surface area contributed by atoms with E-state index in [0.717, 1.165) is 17.8 Å². The molecule has 1 aliphatic heterocycles. The van der Waals surface area contributed by atoms with E-state index in [0.29, 0.717) is 10.8 Å². The van der Waals surface area contributed by atoms with Crippen LogP contribution in [0.5, 0.6) is 5.75 Å². The largest absolute Gasteiger partial charge is 0.484 e. The first-order valence-corrected chi connectivity index (χ1v) is 8.98. The van der Waals surface area contributed by atoms with Crippen LogP contribution in [0.15, 0.2) is 42.5 Å². The Balaban J connectivity index is 1.47. The molecule has 1 amide bonds. The van der Waals surface area contributed by atoms with Gasteiger partial charge in [-0.25, -0.2) is 0 Å². The molecule has 0 spiro atoms. The van der Waals surface area contributed by atoms with Gasteiger partial charge in [0, 0.05) is 17.3 Å². The van der Waals surface area contributed by atoms with Gasteiger partial charge in [0.15, 0.2) is 6.61 Å². The Bertz CT molecular complexity index is 725. The van der Waals surface area contributed by atoms with Crippen molar-refractivity contribution in [2.24, 2.45) is 0 Å². The number of likely N-dealkylation sites (tertiary alicyclic amines) is 1. The lowest BCUT2D eigenvalue weighted by molar-refractivity contribution is -0.118. The maximum absolute atomic E-state index is 12.0. The number of nitrogens with zero attached hydrogens (tertiary/aromatic N) is 1. The molecule has 0 radical (unpaired) electrons. The van der Waals surface area contributed by atoms with E-state index in [2.05, 4.69) is 22.3 Å². The van der Waals surface area contributed by atoms with Crippen LogP contribution >= 0.6 is 11.6 Å². The molecule has 2 aromatic carbocycles. The summed E-state index contributed by atoms with van der Waals surface area (Å²) in [7, 11) is 0. The summed E-state index contributed by atoms with van der Waals surface area (Å²) >= 11 is 5.98. The van der Waals surface area contributed by atoms with Gasteiger partial charge < -0.3 is 10.1 Å². The number of rotatable bonds is 6. The Kier molecular flexibility index (Phi) is 5.95. The highest BCUT2D eigenvalue weighted by Crippen LogP contribution is 2.21. The number of carbonyl (C=O) groups is 1. The predicted molar refractivity (Wildman–Crippen MR) is 101 cm³/mol. The summed E-state index contributed by atoms with van der Waals surface area (Å²) in [5, 5.41) is 3.54. The Morgan fingerprint density at radius 3 is 2.56 bits per heavy atom. The molecule has 25 heavy (non-hydrogen) atoms.